The first-order valence-corrected chi connectivity index (χ1v) is 8.83. The molecule has 7 heteroatoms. The third-order valence-electron chi connectivity index (χ3n) is 3.89. The van der Waals surface area contributed by atoms with E-state index in [9.17, 15) is 8.42 Å². The molecule has 0 aromatic carbocycles. The van der Waals surface area contributed by atoms with Crippen LogP contribution in [0.5, 0.6) is 0 Å². The first-order chi connectivity index (χ1) is 10.1. The third kappa shape index (κ3) is 2.92. The molecule has 1 atom stereocenters. The first kappa shape index (κ1) is 14.1. The largest absolute Gasteiger partial charge is 0.371 e. The minimum atomic E-state index is -3.24. The van der Waals surface area contributed by atoms with Crippen LogP contribution in [0.2, 0.25) is 0 Å². The van der Waals surface area contributed by atoms with Crippen LogP contribution in [0.3, 0.4) is 0 Å². The summed E-state index contributed by atoms with van der Waals surface area (Å²) >= 11 is 0. The predicted molar refractivity (Wildman–Crippen MR) is 80.1 cm³/mol. The predicted octanol–water partition coefficient (Wildman–Crippen LogP) is 1.59. The van der Waals surface area contributed by atoms with Crippen LogP contribution in [0.4, 0.5) is 5.69 Å². The highest BCUT2D eigenvalue weighted by Gasteiger charge is 2.27. The number of hydrogen-bond acceptors (Lipinski definition) is 5. The van der Waals surface area contributed by atoms with Crippen LogP contribution in [0.1, 0.15) is 24.5 Å². The van der Waals surface area contributed by atoms with E-state index in [-0.39, 0.29) is 5.92 Å². The van der Waals surface area contributed by atoms with Crippen molar-refractivity contribution in [2.45, 2.75) is 23.7 Å². The molecule has 2 aromatic rings. The van der Waals surface area contributed by atoms with E-state index in [4.69, 9.17) is 0 Å². The summed E-state index contributed by atoms with van der Waals surface area (Å²) in [6.07, 6.45) is 8.18. The highest BCUT2D eigenvalue weighted by atomic mass is 32.2. The van der Waals surface area contributed by atoms with Crippen LogP contribution in [0.25, 0.3) is 0 Å². The summed E-state index contributed by atoms with van der Waals surface area (Å²) in [4.78, 5) is 6.62. The molecule has 3 heterocycles. The van der Waals surface area contributed by atoms with E-state index in [2.05, 4.69) is 20.1 Å². The van der Waals surface area contributed by atoms with Gasteiger partial charge in [0, 0.05) is 43.3 Å². The molecule has 0 saturated carbocycles. The standard InChI is InChI=1S/C14H18N4O2S/c1-21(19,20)13-9-16-17-14(13)11-3-2-8-18(10-11)12-4-6-15-7-5-12/h4-7,9,11H,2-3,8,10H2,1H3,(H,16,17)/t11-/m1/s1. The summed E-state index contributed by atoms with van der Waals surface area (Å²) in [6.45, 7) is 1.76. The first-order valence-electron chi connectivity index (χ1n) is 6.94. The Kier molecular flexibility index (Phi) is 3.67. The van der Waals surface area contributed by atoms with Gasteiger partial charge < -0.3 is 4.90 Å². The van der Waals surface area contributed by atoms with Gasteiger partial charge in [0.25, 0.3) is 0 Å². The average molecular weight is 306 g/mol. The number of H-pyrrole nitrogens is 1. The lowest BCUT2D eigenvalue weighted by Crippen LogP contribution is -2.34. The minimum absolute atomic E-state index is 0.152. The van der Waals surface area contributed by atoms with E-state index >= 15 is 0 Å². The maximum absolute atomic E-state index is 11.8. The van der Waals surface area contributed by atoms with Crippen LogP contribution in [0, 0.1) is 0 Å². The average Bonchev–Trinajstić information content (AvgIpc) is 2.98. The fraction of sp³-hybridized carbons (Fsp3) is 0.429. The summed E-state index contributed by atoms with van der Waals surface area (Å²) in [5.74, 6) is 0.152. The van der Waals surface area contributed by atoms with Crippen molar-refractivity contribution in [3.63, 3.8) is 0 Å². The van der Waals surface area contributed by atoms with Gasteiger partial charge in [0.05, 0.1) is 11.9 Å². The van der Waals surface area contributed by atoms with E-state index in [1.165, 1.54) is 12.5 Å². The Balaban J connectivity index is 1.86. The molecule has 1 aliphatic heterocycles. The second-order valence-corrected chi connectivity index (χ2v) is 7.39. The Bertz CT molecular complexity index is 712. The second kappa shape index (κ2) is 5.48. The fourth-order valence-corrected chi connectivity index (χ4v) is 3.73. The van der Waals surface area contributed by atoms with Gasteiger partial charge in [-0.05, 0) is 25.0 Å². The zero-order chi connectivity index (χ0) is 14.9. The van der Waals surface area contributed by atoms with Gasteiger partial charge in [-0.1, -0.05) is 0 Å². The van der Waals surface area contributed by atoms with Gasteiger partial charge in [0.2, 0.25) is 0 Å². The number of pyridine rings is 1. The quantitative estimate of drug-likeness (QED) is 0.931. The molecule has 2 aromatic heterocycles. The molecule has 1 N–H and O–H groups in total. The maximum Gasteiger partial charge on any atom is 0.178 e. The molecule has 0 bridgehead atoms. The van der Waals surface area contributed by atoms with Gasteiger partial charge >= 0.3 is 0 Å². The molecule has 21 heavy (non-hydrogen) atoms. The molecule has 1 aliphatic rings. The molecule has 1 fully saturated rings. The number of nitrogens with zero attached hydrogens (tertiary/aromatic N) is 3. The summed E-state index contributed by atoms with van der Waals surface area (Å²) < 4.78 is 23.7. The summed E-state index contributed by atoms with van der Waals surface area (Å²) in [6, 6.07) is 3.96. The van der Waals surface area contributed by atoms with Crippen molar-refractivity contribution in [3.8, 4) is 0 Å². The van der Waals surface area contributed by atoms with Gasteiger partial charge in [0.1, 0.15) is 4.90 Å². The molecule has 0 radical (unpaired) electrons. The van der Waals surface area contributed by atoms with E-state index in [0.29, 0.717) is 4.90 Å². The van der Waals surface area contributed by atoms with Crippen LogP contribution >= 0.6 is 0 Å². The van der Waals surface area contributed by atoms with Crippen LogP contribution in [-0.2, 0) is 9.84 Å². The normalized spacial score (nSPS) is 19.7. The van der Waals surface area contributed by atoms with Crippen LogP contribution in [-0.4, -0.2) is 42.9 Å². The molecule has 0 amide bonds. The highest BCUT2D eigenvalue weighted by Crippen LogP contribution is 2.31. The molecule has 0 spiro atoms. The van der Waals surface area contributed by atoms with E-state index in [0.717, 1.165) is 37.3 Å². The Morgan fingerprint density at radius 2 is 2.10 bits per heavy atom. The van der Waals surface area contributed by atoms with Gasteiger partial charge in [-0.15, -0.1) is 0 Å². The van der Waals surface area contributed by atoms with E-state index in [1.54, 1.807) is 12.4 Å². The summed E-state index contributed by atoms with van der Waals surface area (Å²) in [5.41, 5.74) is 1.85. The van der Waals surface area contributed by atoms with Gasteiger partial charge in [-0.2, -0.15) is 5.10 Å². The molecular weight excluding hydrogens is 288 g/mol. The maximum atomic E-state index is 11.8. The topological polar surface area (TPSA) is 79.0 Å². The van der Waals surface area contributed by atoms with Crippen molar-refractivity contribution in [2.75, 3.05) is 24.2 Å². The fourth-order valence-electron chi connectivity index (χ4n) is 2.88. The lowest BCUT2D eigenvalue weighted by molar-refractivity contribution is 0.494. The number of hydrogen-bond donors (Lipinski definition) is 1. The minimum Gasteiger partial charge on any atom is -0.371 e. The van der Waals surface area contributed by atoms with Crippen molar-refractivity contribution in [2.24, 2.45) is 0 Å². The lowest BCUT2D eigenvalue weighted by atomic mass is 9.94. The van der Waals surface area contributed by atoms with Gasteiger partial charge in [-0.3, -0.25) is 10.1 Å². The molecule has 0 aliphatic carbocycles. The molecule has 6 nitrogen and oxygen atoms in total. The summed E-state index contributed by atoms with van der Waals surface area (Å²) in [7, 11) is -3.24. The van der Waals surface area contributed by atoms with E-state index in [1.807, 2.05) is 12.1 Å². The number of aromatic nitrogens is 3. The van der Waals surface area contributed by atoms with Crippen LogP contribution < -0.4 is 4.90 Å². The van der Waals surface area contributed by atoms with Gasteiger partial charge in [-0.25, -0.2) is 8.42 Å². The molecule has 1 saturated heterocycles. The Hall–Kier alpha value is -1.89. The lowest BCUT2D eigenvalue weighted by Gasteiger charge is -2.34. The van der Waals surface area contributed by atoms with Gasteiger partial charge in [0.15, 0.2) is 9.84 Å². The SMILES string of the molecule is CS(=O)(=O)c1cn[nH]c1[C@@H]1CCCN(c2ccncc2)C1. The molecular formula is C14H18N4O2S. The smallest absolute Gasteiger partial charge is 0.178 e. The summed E-state index contributed by atoms with van der Waals surface area (Å²) in [5, 5.41) is 6.81. The van der Waals surface area contributed by atoms with Crippen LogP contribution in [0.15, 0.2) is 35.6 Å². The number of anilines is 1. The molecule has 112 valence electrons. The van der Waals surface area contributed by atoms with Crippen molar-refractivity contribution in [1.29, 1.82) is 0 Å². The number of nitrogens with one attached hydrogen (secondary N) is 1. The number of piperidine rings is 1. The van der Waals surface area contributed by atoms with E-state index < -0.39 is 9.84 Å². The van der Waals surface area contributed by atoms with Crippen molar-refractivity contribution < 1.29 is 8.42 Å². The molecule has 3 rings (SSSR count). The Morgan fingerprint density at radius 3 is 2.81 bits per heavy atom. The zero-order valence-electron chi connectivity index (χ0n) is 11.9. The number of aromatic amines is 1. The highest BCUT2D eigenvalue weighted by molar-refractivity contribution is 7.90. The van der Waals surface area contributed by atoms with Crippen molar-refractivity contribution in [1.82, 2.24) is 15.2 Å². The Labute approximate surface area is 124 Å². The van der Waals surface area contributed by atoms with Crippen molar-refractivity contribution >= 4 is 15.5 Å². The third-order valence-corrected chi connectivity index (χ3v) is 5.01. The second-order valence-electron chi connectivity index (χ2n) is 5.41. The monoisotopic (exact) mass is 306 g/mol. The molecule has 0 unspecified atom stereocenters. The Morgan fingerprint density at radius 1 is 1.33 bits per heavy atom. The van der Waals surface area contributed by atoms with Crippen molar-refractivity contribution in [3.05, 3.63) is 36.4 Å². The number of rotatable bonds is 3. The zero-order valence-corrected chi connectivity index (χ0v) is 12.7. The number of sulfone groups is 1.